The zero-order valence-corrected chi connectivity index (χ0v) is 12.4. The number of carbonyl (C=O) groups excluding carboxylic acids is 1. The molecular weight excluding hydrogens is 267 g/mol. The first-order valence-electron chi connectivity index (χ1n) is 7.98. The van der Waals surface area contributed by atoms with Crippen molar-refractivity contribution in [2.75, 3.05) is 19.6 Å². The molecule has 1 aliphatic carbocycles. The van der Waals surface area contributed by atoms with Crippen LogP contribution in [0.25, 0.3) is 0 Å². The molecule has 2 aliphatic rings. The Kier molecular flexibility index (Phi) is 4.24. The molecule has 114 valence electrons. The van der Waals surface area contributed by atoms with Crippen molar-refractivity contribution in [2.24, 2.45) is 0 Å². The van der Waals surface area contributed by atoms with Gasteiger partial charge in [-0.05, 0) is 56.3 Å². The fourth-order valence-electron chi connectivity index (χ4n) is 3.40. The van der Waals surface area contributed by atoms with Crippen LogP contribution in [0.5, 0.6) is 0 Å². The van der Waals surface area contributed by atoms with E-state index in [1.54, 1.807) is 12.1 Å². The molecule has 1 heterocycles. The smallest absolute Gasteiger partial charge is 0.222 e. The van der Waals surface area contributed by atoms with Crippen LogP contribution in [0.2, 0.25) is 0 Å². The second-order valence-corrected chi connectivity index (χ2v) is 6.21. The molecular formula is C17H23FN2O. The normalized spacial score (nSPS) is 20.6. The van der Waals surface area contributed by atoms with Gasteiger partial charge in [-0.2, -0.15) is 0 Å². The predicted molar refractivity (Wildman–Crippen MR) is 80.4 cm³/mol. The summed E-state index contributed by atoms with van der Waals surface area (Å²) in [6, 6.07) is 6.87. The van der Waals surface area contributed by atoms with E-state index in [1.165, 1.54) is 12.0 Å². The number of rotatable bonds is 6. The number of nitrogens with zero attached hydrogens (tertiary/aromatic N) is 1. The van der Waals surface area contributed by atoms with Crippen LogP contribution in [0.3, 0.4) is 0 Å². The van der Waals surface area contributed by atoms with Crippen LogP contribution in [-0.4, -0.2) is 30.4 Å². The van der Waals surface area contributed by atoms with Gasteiger partial charge in [0.05, 0.1) is 0 Å². The zero-order valence-electron chi connectivity index (χ0n) is 12.4. The lowest BCUT2D eigenvalue weighted by atomic mass is 9.72. The van der Waals surface area contributed by atoms with Gasteiger partial charge in [-0.25, -0.2) is 4.39 Å². The SMILES string of the molecule is O=C1CCCN1CCCNC1(c2ccc(F)cc2)CCC1. The van der Waals surface area contributed by atoms with Gasteiger partial charge < -0.3 is 10.2 Å². The Bertz CT molecular complexity index is 496. The van der Waals surface area contributed by atoms with Gasteiger partial charge in [0.2, 0.25) is 5.91 Å². The van der Waals surface area contributed by atoms with Crippen molar-refractivity contribution in [1.29, 1.82) is 0 Å². The summed E-state index contributed by atoms with van der Waals surface area (Å²) in [6.45, 7) is 2.68. The minimum Gasteiger partial charge on any atom is -0.343 e. The molecule has 1 aliphatic heterocycles. The van der Waals surface area contributed by atoms with Crippen LogP contribution in [0, 0.1) is 5.82 Å². The van der Waals surface area contributed by atoms with Crippen molar-refractivity contribution in [3.63, 3.8) is 0 Å². The molecule has 1 amide bonds. The highest BCUT2D eigenvalue weighted by atomic mass is 19.1. The summed E-state index contributed by atoms with van der Waals surface area (Å²) in [5.41, 5.74) is 1.22. The Labute approximate surface area is 125 Å². The highest BCUT2D eigenvalue weighted by Gasteiger charge is 2.37. The van der Waals surface area contributed by atoms with Crippen molar-refractivity contribution in [1.82, 2.24) is 10.2 Å². The highest BCUT2D eigenvalue weighted by molar-refractivity contribution is 5.77. The molecule has 1 N–H and O–H groups in total. The van der Waals surface area contributed by atoms with E-state index in [0.717, 1.165) is 45.3 Å². The Balaban J connectivity index is 1.50. The fraction of sp³-hybridized carbons (Fsp3) is 0.588. The van der Waals surface area contributed by atoms with Crippen LogP contribution < -0.4 is 5.32 Å². The topological polar surface area (TPSA) is 32.3 Å². The first-order chi connectivity index (χ1) is 10.2. The third-order valence-corrected chi connectivity index (χ3v) is 4.84. The van der Waals surface area contributed by atoms with Crippen molar-refractivity contribution in [3.8, 4) is 0 Å². The van der Waals surface area contributed by atoms with Gasteiger partial charge in [0, 0.05) is 25.0 Å². The molecule has 0 radical (unpaired) electrons. The van der Waals surface area contributed by atoms with Crippen molar-refractivity contribution < 1.29 is 9.18 Å². The van der Waals surface area contributed by atoms with Crippen molar-refractivity contribution in [3.05, 3.63) is 35.6 Å². The lowest BCUT2D eigenvalue weighted by molar-refractivity contribution is -0.127. The lowest BCUT2D eigenvalue weighted by Crippen LogP contribution is -2.48. The summed E-state index contributed by atoms with van der Waals surface area (Å²) in [6.07, 6.45) is 6.14. The quantitative estimate of drug-likeness (QED) is 0.817. The third kappa shape index (κ3) is 3.10. The number of benzene rings is 1. The van der Waals surface area contributed by atoms with Crippen LogP contribution in [-0.2, 0) is 10.3 Å². The van der Waals surface area contributed by atoms with Gasteiger partial charge in [0.25, 0.3) is 0 Å². The van der Waals surface area contributed by atoms with Gasteiger partial charge in [0.15, 0.2) is 0 Å². The maximum Gasteiger partial charge on any atom is 0.222 e. The van der Waals surface area contributed by atoms with Gasteiger partial charge in [-0.1, -0.05) is 12.1 Å². The van der Waals surface area contributed by atoms with Crippen molar-refractivity contribution >= 4 is 5.91 Å². The van der Waals surface area contributed by atoms with E-state index in [9.17, 15) is 9.18 Å². The standard InChI is InChI=1S/C17H23FN2O/c18-15-7-5-14(6-8-15)17(9-2-10-17)19-11-3-13-20-12-1-4-16(20)21/h5-8,19H,1-4,9-13H2. The largest absolute Gasteiger partial charge is 0.343 e. The van der Waals surface area contributed by atoms with E-state index in [1.807, 2.05) is 17.0 Å². The van der Waals surface area contributed by atoms with Gasteiger partial charge in [0.1, 0.15) is 5.82 Å². The van der Waals surface area contributed by atoms with E-state index in [0.29, 0.717) is 12.3 Å². The monoisotopic (exact) mass is 290 g/mol. The molecule has 3 nitrogen and oxygen atoms in total. The lowest BCUT2D eigenvalue weighted by Gasteiger charge is -2.43. The highest BCUT2D eigenvalue weighted by Crippen LogP contribution is 2.41. The molecule has 4 heteroatoms. The van der Waals surface area contributed by atoms with Crippen LogP contribution in [0.15, 0.2) is 24.3 Å². The molecule has 21 heavy (non-hydrogen) atoms. The minimum atomic E-state index is -0.180. The molecule has 0 spiro atoms. The average molecular weight is 290 g/mol. The summed E-state index contributed by atoms with van der Waals surface area (Å²) in [4.78, 5) is 13.5. The molecule has 2 fully saturated rings. The average Bonchev–Trinajstić information content (AvgIpc) is 2.84. The predicted octanol–water partition coefficient (Wildman–Crippen LogP) is 2.81. The molecule has 0 unspecified atom stereocenters. The van der Waals surface area contributed by atoms with E-state index in [-0.39, 0.29) is 11.4 Å². The summed E-state index contributed by atoms with van der Waals surface area (Å²) in [5.74, 6) is 0.118. The molecule has 0 aromatic heterocycles. The van der Waals surface area contributed by atoms with E-state index >= 15 is 0 Å². The Morgan fingerprint density at radius 2 is 1.95 bits per heavy atom. The number of hydrogen-bond acceptors (Lipinski definition) is 2. The third-order valence-electron chi connectivity index (χ3n) is 4.84. The number of nitrogens with one attached hydrogen (secondary N) is 1. The first-order valence-corrected chi connectivity index (χ1v) is 7.98. The Morgan fingerprint density at radius 1 is 1.19 bits per heavy atom. The Hall–Kier alpha value is -1.42. The van der Waals surface area contributed by atoms with Crippen LogP contribution >= 0.6 is 0 Å². The number of hydrogen-bond donors (Lipinski definition) is 1. The molecule has 0 bridgehead atoms. The van der Waals surface area contributed by atoms with Gasteiger partial charge in [-0.15, -0.1) is 0 Å². The minimum absolute atomic E-state index is 0.0305. The summed E-state index contributed by atoms with van der Waals surface area (Å²) < 4.78 is 13.1. The number of amides is 1. The summed E-state index contributed by atoms with van der Waals surface area (Å²) >= 11 is 0. The van der Waals surface area contributed by atoms with E-state index in [2.05, 4.69) is 5.32 Å². The Morgan fingerprint density at radius 3 is 2.52 bits per heavy atom. The molecule has 1 aromatic carbocycles. The molecule has 0 atom stereocenters. The second-order valence-electron chi connectivity index (χ2n) is 6.21. The van der Waals surface area contributed by atoms with Crippen LogP contribution in [0.1, 0.15) is 44.1 Å². The molecule has 3 rings (SSSR count). The molecule has 1 saturated carbocycles. The zero-order chi connectivity index (χ0) is 14.7. The summed E-state index contributed by atoms with van der Waals surface area (Å²) in [5, 5.41) is 3.65. The fourth-order valence-corrected chi connectivity index (χ4v) is 3.40. The molecule has 1 aromatic rings. The number of carbonyl (C=O) groups is 1. The second kappa shape index (κ2) is 6.14. The summed E-state index contributed by atoms with van der Waals surface area (Å²) in [7, 11) is 0. The maximum atomic E-state index is 13.1. The number of likely N-dealkylation sites (tertiary alicyclic amines) is 1. The van der Waals surface area contributed by atoms with Crippen molar-refractivity contribution in [2.45, 2.75) is 44.1 Å². The van der Waals surface area contributed by atoms with E-state index < -0.39 is 0 Å². The number of halogens is 1. The van der Waals surface area contributed by atoms with Crippen LogP contribution in [0.4, 0.5) is 4.39 Å². The molecule has 1 saturated heterocycles. The van der Waals surface area contributed by atoms with Gasteiger partial charge in [-0.3, -0.25) is 4.79 Å². The first kappa shape index (κ1) is 14.5. The van der Waals surface area contributed by atoms with E-state index in [4.69, 9.17) is 0 Å². The van der Waals surface area contributed by atoms with Gasteiger partial charge >= 0.3 is 0 Å². The maximum absolute atomic E-state index is 13.1.